The lowest BCUT2D eigenvalue weighted by molar-refractivity contribution is -0.148. The molecule has 0 fully saturated rings. The van der Waals surface area contributed by atoms with Crippen molar-refractivity contribution in [3.05, 3.63) is 27.2 Å². The third kappa shape index (κ3) is 5.87. The van der Waals surface area contributed by atoms with Crippen molar-refractivity contribution in [3.8, 4) is 0 Å². The van der Waals surface area contributed by atoms with Crippen molar-refractivity contribution in [3.63, 3.8) is 0 Å². The lowest BCUT2D eigenvalue weighted by atomic mass is 10.3. The Labute approximate surface area is 126 Å². The fraction of sp³-hybridized carbons (Fsp3) is 0.417. The topological polar surface area (TPSA) is 47.6 Å². The molecule has 1 aromatic rings. The molecule has 7 heteroatoms. The summed E-state index contributed by atoms with van der Waals surface area (Å²) < 4.78 is 9.84. The van der Waals surface area contributed by atoms with Crippen LogP contribution in [0.5, 0.6) is 0 Å². The minimum atomic E-state index is -0.380. The van der Waals surface area contributed by atoms with Crippen molar-refractivity contribution in [2.75, 3.05) is 31.7 Å². The Kier molecular flexibility index (Phi) is 7.31. The number of nitrogens with one attached hydrogen (secondary N) is 1. The number of benzene rings is 1. The van der Waals surface area contributed by atoms with Gasteiger partial charge in [-0.05, 0) is 19.1 Å². The third-order valence-electron chi connectivity index (χ3n) is 2.10. The van der Waals surface area contributed by atoms with Gasteiger partial charge in [0.25, 0.3) is 0 Å². The van der Waals surface area contributed by atoms with E-state index in [0.717, 1.165) is 0 Å². The molecule has 0 saturated heterocycles. The summed E-state index contributed by atoms with van der Waals surface area (Å²) in [6.45, 7) is 2.85. The summed E-state index contributed by atoms with van der Waals surface area (Å²) in [6.07, 6.45) is 0. The number of hydrogen-bond donors (Lipinski definition) is 1. The van der Waals surface area contributed by atoms with Gasteiger partial charge in [-0.3, -0.25) is 0 Å². The SMILES string of the molecule is CCOC(=O)COCCNc1cc(Cl)c(Cl)cc1Cl. The quantitative estimate of drug-likeness (QED) is 0.472. The van der Waals surface area contributed by atoms with Crippen LogP contribution >= 0.6 is 34.8 Å². The van der Waals surface area contributed by atoms with Gasteiger partial charge in [-0.15, -0.1) is 0 Å². The summed E-state index contributed by atoms with van der Waals surface area (Å²) >= 11 is 17.7. The fourth-order valence-electron chi connectivity index (χ4n) is 1.27. The van der Waals surface area contributed by atoms with E-state index in [1.807, 2.05) is 0 Å². The van der Waals surface area contributed by atoms with E-state index in [0.29, 0.717) is 40.5 Å². The number of rotatable bonds is 7. The van der Waals surface area contributed by atoms with E-state index in [1.54, 1.807) is 19.1 Å². The van der Waals surface area contributed by atoms with E-state index in [1.165, 1.54) is 0 Å². The summed E-state index contributed by atoms with van der Waals surface area (Å²) in [4.78, 5) is 11.0. The summed E-state index contributed by atoms with van der Waals surface area (Å²) in [5, 5.41) is 4.32. The zero-order chi connectivity index (χ0) is 14.3. The number of anilines is 1. The van der Waals surface area contributed by atoms with Crippen LogP contribution in [-0.4, -0.2) is 32.3 Å². The van der Waals surface area contributed by atoms with Gasteiger partial charge in [0, 0.05) is 6.54 Å². The molecule has 1 N–H and O–H groups in total. The summed E-state index contributed by atoms with van der Waals surface area (Å²) in [5.41, 5.74) is 0.663. The molecule has 0 aromatic heterocycles. The first-order valence-electron chi connectivity index (χ1n) is 5.66. The van der Waals surface area contributed by atoms with Gasteiger partial charge in [0.15, 0.2) is 0 Å². The van der Waals surface area contributed by atoms with E-state index < -0.39 is 0 Å². The van der Waals surface area contributed by atoms with E-state index in [2.05, 4.69) is 5.32 Å². The van der Waals surface area contributed by atoms with Crippen LogP contribution in [0.2, 0.25) is 15.1 Å². The second kappa shape index (κ2) is 8.48. The molecule has 0 amide bonds. The van der Waals surface area contributed by atoms with E-state index in [4.69, 9.17) is 44.3 Å². The second-order valence-electron chi connectivity index (χ2n) is 3.53. The Morgan fingerprint density at radius 1 is 1.21 bits per heavy atom. The van der Waals surface area contributed by atoms with Crippen molar-refractivity contribution in [1.82, 2.24) is 0 Å². The van der Waals surface area contributed by atoms with Crippen LogP contribution in [0.25, 0.3) is 0 Å². The Morgan fingerprint density at radius 2 is 1.89 bits per heavy atom. The molecule has 0 heterocycles. The van der Waals surface area contributed by atoms with Crippen LogP contribution in [-0.2, 0) is 14.3 Å². The second-order valence-corrected chi connectivity index (χ2v) is 4.75. The van der Waals surface area contributed by atoms with Crippen LogP contribution in [0, 0.1) is 0 Å². The van der Waals surface area contributed by atoms with Crippen LogP contribution in [0.4, 0.5) is 5.69 Å². The molecule has 0 unspecified atom stereocenters. The van der Waals surface area contributed by atoms with Gasteiger partial charge in [0.05, 0.1) is 34.0 Å². The van der Waals surface area contributed by atoms with E-state index in [-0.39, 0.29) is 12.6 Å². The van der Waals surface area contributed by atoms with Crippen LogP contribution in [0.15, 0.2) is 12.1 Å². The fourth-order valence-corrected chi connectivity index (χ4v) is 1.89. The maximum Gasteiger partial charge on any atom is 0.332 e. The average molecular weight is 327 g/mol. The summed E-state index contributed by atoms with van der Waals surface area (Å²) in [7, 11) is 0. The minimum absolute atomic E-state index is 0.0649. The highest BCUT2D eigenvalue weighted by molar-refractivity contribution is 6.44. The van der Waals surface area contributed by atoms with Crippen molar-refractivity contribution >= 4 is 46.5 Å². The molecule has 4 nitrogen and oxygen atoms in total. The zero-order valence-electron chi connectivity index (χ0n) is 10.3. The molecule has 1 aromatic carbocycles. The van der Waals surface area contributed by atoms with Gasteiger partial charge >= 0.3 is 5.97 Å². The van der Waals surface area contributed by atoms with E-state index in [9.17, 15) is 4.79 Å². The molecule has 0 atom stereocenters. The standard InChI is InChI=1S/C12H14Cl3NO3/c1-2-19-12(17)7-18-4-3-16-11-6-9(14)8(13)5-10(11)15/h5-6,16H,2-4,7H2,1H3. The molecule has 0 aliphatic carbocycles. The predicted octanol–water partition coefficient (Wildman–Crippen LogP) is 3.64. The first kappa shape index (κ1) is 16.4. The van der Waals surface area contributed by atoms with Gasteiger partial charge in [-0.1, -0.05) is 34.8 Å². The molecular weight excluding hydrogens is 312 g/mol. The van der Waals surface area contributed by atoms with Crippen LogP contribution < -0.4 is 5.32 Å². The molecule has 1 rings (SSSR count). The number of carbonyl (C=O) groups excluding carboxylic acids is 1. The minimum Gasteiger partial charge on any atom is -0.464 e. The van der Waals surface area contributed by atoms with Gasteiger partial charge in [-0.2, -0.15) is 0 Å². The number of carbonyl (C=O) groups is 1. The van der Waals surface area contributed by atoms with Crippen LogP contribution in [0.3, 0.4) is 0 Å². The van der Waals surface area contributed by atoms with Gasteiger partial charge in [0.1, 0.15) is 6.61 Å². The van der Waals surface area contributed by atoms with Crippen molar-refractivity contribution in [2.24, 2.45) is 0 Å². The maximum atomic E-state index is 11.0. The van der Waals surface area contributed by atoms with E-state index >= 15 is 0 Å². The first-order chi connectivity index (χ1) is 9.04. The normalized spacial score (nSPS) is 10.3. The number of hydrogen-bond acceptors (Lipinski definition) is 4. The number of halogens is 3. The van der Waals surface area contributed by atoms with Gasteiger partial charge in [0.2, 0.25) is 0 Å². The predicted molar refractivity (Wildman–Crippen MR) is 77.4 cm³/mol. The largest absolute Gasteiger partial charge is 0.464 e. The Bertz CT molecular complexity index is 440. The summed E-state index contributed by atoms with van der Waals surface area (Å²) in [6, 6.07) is 3.20. The molecule has 106 valence electrons. The van der Waals surface area contributed by atoms with Crippen molar-refractivity contribution < 1.29 is 14.3 Å². The molecule has 0 bridgehead atoms. The molecular formula is C12H14Cl3NO3. The average Bonchev–Trinajstić information content (AvgIpc) is 2.35. The lowest BCUT2D eigenvalue weighted by Crippen LogP contribution is -2.16. The number of ether oxygens (including phenoxy) is 2. The number of esters is 1. The third-order valence-corrected chi connectivity index (χ3v) is 3.13. The van der Waals surface area contributed by atoms with Gasteiger partial charge in [-0.25, -0.2) is 4.79 Å². The highest BCUT2D eigenvalue weighted by Crippen LogP contribution is 2.31. The van der Waals surface area contributed by atoms with Crippen LogP contribution in [0.1, 0.15) is 6.92 Å². The monoisotopic (exact) mass is 325 g/mol. The molecule has 0 spiro atoms. The molecule has 0 saturated carbocycles. The smallest absolute Gasteiger partial charge is 0.332 e. The van der Waals surface area contributed by atoms with Crippen molar-refractivity contribution in [1.29, 1.82) is 0 Å². The highest BCUT2D eigenvalue weighted by Gasteiger charge is 2.06. The highest BCUT2D eigenvalue weighted by atomic mass is 35.5. The van der Waals surface area contributed by atoms with Gasteiger partial charge < -0.3 is 14.8 Å². The molecule has 0 radical (unpaired) electrons. The molecule has 0 aliphatic heterocycles. The molecule has 0 aliphatic rings. The Balaban J connectivity index is 2.30. The maximum absolute atomic E-state index is 11.0. The summed E-state index contributed by atoms with van der Waals surface area (Å²) in [5.74, 6) is -0.380. The lowest BCUT2D eigenvalue weighted by Gasteiger charge is -2.10. The Hall–Kier alpha value is -0.680. The zero-order valence-corrected chi connectivity index (χ0v) is 12.6. The first-order valence-corrected chi connectivity index (χ1v) is 6.79. The molecule has 19 heavy (non-hydrogen) atoms. The van der Waals surface area contributed by atoms with Crippen molar-refractivity contribution in [2.45, 2.75) is 6.92 Å². The Morgan fingerprint density at radius 3 is 2.58 bits per heavy atom.